The molecule has 0 saturated carbocycles. The predicted molar refractivity (Wildman–Crippen MR) is 66.4 cm³/mol. The highest BCUT2D eigenvalue weighted by Crippen LogP contribution is 2.15. The maximum atomic E-state index is 5.41. The third-order valence-electron chi connectivity index (χ3n) is 2.50. The molecule has 1 N–H and O–H groups in total. The molecule has 0 fully saturated rings. The number of nitrogens with zero attached hydrogens (tertiary/aromatic N) is 1. The van der Waals surface area contributed by atoms with Crippen molar-refractivity contribution in [1.82, 2.24) is 10.3 Å². The fourth-order valence-corrected chi connectivity index (χ4v) is 1.65. The Bertz CT molecular complexity index is 264. The highest BCUT2D eigenvalue weighted by molar-refractivity contribution is 5.14. The van der Waals surface area contributed by atoms with Gasteiger partial charge in [-0.05, 0) is 44.0 Å². The van der Waals surface area contributed by atoms with Crippen LogP contribution in [0, 0.1) is 0 Å². The molecule has 0 bridgehead atoms. The highest BCUT2D eigenvalue weighted by Gasteiger charge is 2.09. The van der Waals surface area contributed by atoms with E-state index in [1.54, 1.807) is 0 Å². The Morgan fingerprint density at radius 2 is 2.06 bits per heavy atom. The van der Waals surface area contributed by atoms with Crippen LogP contribution in [0.1, 0.15) is 38.3 Å². The second-order valence-electron chi connectivity index (χ2n) is 3.77. The molecule has 0 spiro atoms. The van der Waals surface area contributed by atoms with Gasteiger partial charge in [0, 0.05) is 31.6 Å². The zero-order valence-corrected chi connectivity index (χ0v) is 10.3. The standard InChI is InChI=1S/C13H22N2O/c1-3-8-15-13(7-11-16-4-2)12-5-9-14-10-6-12/h5-6,9-10,13,15H,3-4,7-8,11H2,1-2H3. The summed E-state index contributed by atoms with van der Waals surface area (Å²) >= 11 is 0. The van der Waals surface area contributed by atoms with Crippen molar-refractivity contribution in [3.63, 3.8) is 0 Å². The Morgan fingerprint density at radius 1 is 1.31 bits per heavy atom. The summed E-state index contributed by atoms with van der Waals surface area (Å²) in [6.45, 7) is 6.84. The SMILES string of the molecule is CCCNC(CCOCC)c1ccncc1. The second-order valence-corrected chi connectivity index (χ2v) is 3.77. The van der Waals surface area contributed by atoms with Crippen LogP contribution in [0.5, 0.6) is 0 Å². The van der Waals surface area contributed by atoms with Gasteiger partial charge >= 0.3 is 0 Å². The number of hydrogen-bond acceptors (Lipinski definition) is 3. The fourth-order valence-electron chi connectivity index (χ4n) is 1.65. The summed E-state index contributed by atoms with van der Waals surface area (Å²) in [5, 5.41) is 3.54. The van der Waals surface area contributed by atoms with Crippen molar-refractivity contribution in [1.29, 1.82) is 0 Å². The molecule has 16 heavy (non-hydrogen) atoms. The molecule has 0 aliphatic carbocycles. The van der Waals surface area contributed by atoms with Crippen molar-refractivity contribution in [3.8, 4) is 0 Å². The van der Waals surface area contributed by atoms with Crippen LogP contribution in [-0.2, 0) is 4.74 Å². The van der Waals surface area contributed by atoms with Gasteiger partial charge < -0.3 is 10.1 Å². The molecule has 0 aromatic carbocycles. The summed E-state index contributed by atoms with van der Waals surface area (Å²) in [4.78, 5) is 4.05. The van der Waals surface area contributed by atoms with E-state index in [4.69, 9.17) is 4.74 Å². The Balaban J connectivity index is 2.49. The lowest BCUT2D eigenvalue weighted by atomic mass is 10.1. The first-order valence-corrected chi connectivity index (χ1v) is 6.09. The molecule has 1 rings (SSSR count). The van der Waals surface area contributed by atoms with Crippen molar-refractivity contribution in [2.75, 3.05) is 19.8 Å². The van der Waals surface area contributed by atoms with Crippen LogP contribution in [0.15, 0.2) is 24.5 Å². The number of pyridine rings is 1. The second kappa shape index (κ2) is 8.25. The zero-order chi connectivity index (χ0) is 11.6. The third kappa shape index (κ3) is 4.73. The molecule has 1 heterocycles. The lowest BCUT2D eigenvalue weighted by Gasteiger charge is -2.18. The van der Waals surface area contributed by atoms with Gasteiger partial charge in [-0.25, -0.2) is 0 Å². The molecule has 1 aromatic rings. The van der Waals surface area contributed by atoms with Crippen molar-refractivity contribution < 1.29 is 4.74 Å². The lowest BCUT2D eigenvalue weighted by Crippen LogP contribution is -2.23. The summed E-state index contributed by atoms with van der Waals surface area (Å²) in [5.74, 6) is 0. The molecule has 1 aromatic heterocycles. The highest BCUT2D eigenvalue weighted by atomic mass is 16.5. The molecule has 0 aliphatic rings. The minimum absolute atomic E-state index is 0.384. The van der Waals surface area contributed by atoms with Gasteiger partial charge in [0.2, 0.25) is 0 Å². The average molecular weight is 222 g/mol. The number of aromatic nitrogens is 1. The molecule has 1 atom stereocenters. The molecule has 3 nitrogen and oxygen atoms in total. The molecular weight excluding hydrogens is 200 g/mol. The van der Waals surface area contributed by atoms with E-state index in [1.165, 1.54) is 5.56 Å². The molecule has 0 aliphatic heterocycles. The molecule has 3 heteroatoms. The number of hydrogen-bond donors (Lipinski definition) is 1. The Hall–Kier alpha value is -0.930. The third-order valence-corrected chi connectivity index (χ3v) is 2.50. The van der Waals surface area contributed by atoms with Crippen LogP contribution >= 0.6 is 0 Å². The Kier molecular flexibility index (Phi) is 6.77. The normalized spacial score (nSPS) is 12.6. The first kappa shape index (κ1) is 13.1. The summed E-state index contributed by atoms with van der Waals surface area (Å²) in [6, 6.07) is 4.52. The number of nitrogens with one attached hydrogen (secondary N) is 1. The molecule has 0 amide bonds. The molecule has 0 radical (unpaired) electrons. The molecule has 1 unspecified atom stereocenters. The van der Waals surface area contributed by atoms with Crippen molar-refractivity contribution in [2.45, 2.75) is 32.7 Å². The summed E-state index contributed by atoms with van der Waals surface area (Å²) in [6.07, 6.45) is 5.85. The first-order chi connectivity index (χ1) is 7.88. The minimum Gasteiger partial charge on any atom is -0.382 e. The van der Waals surface area contributed by atoms with Crippen LogP contribution in [-0.4, -0.2) is 24.7 Å². The van der Waals surface area contributed by atoms with Gasteiger partial charge in [-0.15, -0.1) is 0 Å². The maximum Gasteiger partial charge on any atom is 0.0484 e. The van der Waals surface area contributed by atoms with E-state index in [0.717, 1.165) is 32.6 Å². The van der Waals surface area contributed by atoms with Gasteiger partial charge in [0.1, 0.15) is 0 Å². The Labute approximate surface area is 98.2 Å². The summed E-state index contributed by atoms with van der Waals surface area (Å²) < 4.78 is 5.41. The zero-order valence-electron chi connectivity index (χ0n) is 10.3. The predicted octanol–water partition coefficient (Wildman–Crippen LogP) is 2.55. The van der Waals surface area contributed by atoms with Crippen LogP contribution in [0.25, 0.3) is 0 Å². The van der Waals surface area contributed by atoms with E-state index in [9.17, 15) is 0 Å². The van der Waals surface area contributed by atoms with Crippen molar-refractivity contribution >= 4 is 0 Å². The van der Waals surface area contributed by atoms with Crippen molar-refractivity contribution in [2.24, 2.45) is 0 Å². The fraction of sp³-hybridized carbons (Fsp3) is 0.615. The van der Waals surface area contributed by atoms with E-state index < -0.39 is 0 Å². The summed E-state index contributed by atoms with van der Waals surface area (Å²) in [5.41, 5.74) is 1.29. The van der Waals surface area contributed by atoms with Gasteiger partial charge in [0.05, 0.1) is 0 Å². The smallest absolute Gasteiger partial charge is 0.0484 e. The van der Waals surface area contributed by atoms with E-state index in [1.807, 2.05) is 19.3 Å². The van der Waals surface area contributed by atoms with Gasteiger partial charge in [-0.1, -0.05) is 6.92 Å². The first-order valence-electron chi connectivity index (χ1n) is 6.09. The van der Waals surface area contributed by atoms with Crippen molar-refractivity contribution in [3.05, 3.63) is 30.1 Å². The number of rotatable bonds is 8. The van der Waals surface area contributed by atoms with Crippen LogP contribution in [0.3, 0.4) is 0 Å². The monoisotopic (exact) mass is 222 g/mol. The number of ether oxygens (including phenoxy) is 1. The van der Waals surface area contributed by atoms with Gasteiger partial charge in [0.25, 0.3) is 0 Å². The molecule has 90 valence electrons. The van der Waals surface area contributed by atoms with Crippen LogP contribution in [0.2, 0.25) is 0 Å². The average Bonchev–Trinajstić information content (AvgIpc) is 2.35. The van der Waals surface area contributed by atoms with E-state index in [0.29, 0.717) is 6.04 Å². The van der Waals surface area contributed by atoms with Crippen LogP contribution < -0.4 is 5.32 Å². The quantitative estimate of drug-likeness (QED) is 0.686. The lowest BCUT2D eigenvalue weighted by molar-refractivity contribution is 0.136. The van der Waals surface area contributed by atoms with E-state index in [-0.39, 0.29) is 0 Å². The Morgan fingerprint density at radius 3 is 2.69 bits per heavy atom. The molecular formula is C13H22N2O. The van der Waals surface area contributed by atoms with Crippen LogP contribution in [0.4, 0.5) is 0 Å². The van der Waals surface area contributed by atoms with E-state index >= 15 is 0 Å². The topological polar surface area (TPSA) is 34.1 Å². The summed E-state index contributed by atoms with van der Waals surface area (Å²) in [7, 11) is 0. The minimum atomic E-state index is 0.384. The maximum absolute atomic E-state index is 5.41. The van der Waals surface area contributed by atoms with Gasteiger partial charge in [0.15, 0.2) is 0 Å². The van der Waals surface area contributed by atoms with Gasteiger partial charge in [-0.2, -0.15) is 0 Å². The largest absolute Gasteiger partial charge is 0.382 e. The van der Waals surface area contributed by atoms with E-state index in [2.05, 4.69) is 29.4 Å². The molecule has 0 saturated heterocycles. The van der Waals surface area contributed by atoms with Gasteiger partial charge in [-0.3, -0.25) is 4.98 Å².